The summed E-state index contributed by atoms with van der Waals surface area (Å²) in [7, 11) is 0. The van der Waals surface area contributed by atoms with Crippen LogP contribution in [0.25, 0.3) is 10.7 Å². The molecule has 0 spiro atoms. The van der Waals surface area contributed by atoms with Crippen molar-refractivity contribution in [1.29, 1.82) is 0 Å². The molecule has 1 N–H and O–H groups in total. The molecular formula is C9H9ClN4O2S. The average molecular weight is 273 g/mol. The van der Waals surface area contributed by atoms with Crippen molar-refractivity contribution < 1.29 is 9.90 Å². The summed E-state index contributed by atoms with van der Waals surface area (Å²) in [5.74, 6) is -0.619. The summed E-state index contributed by atoms with van der Waals surface area (Å²) in [6.45, 7) is 3.38. The van der Waals surface area contributed by atoms with Gasteiger partial charge in [-0.1, -0.05) is 11.6 Å². The predicted molar refractivity (Wildman–Crippen MR) is 63.2 cm³/mol. The van der Waals surface area contributed by atoms with E-state index in [-0.39, 0.29) is 0 Å². The van der Waals surface area contributed by atoms with Crippen LogP contribution >= 0.6 is 22.9 Å². The summed E-state index contributed by atoms with van der Waals surface area (Å²) in [6, 6.07) is -0.835. The summed E-state index contributed by atoms with van der Waals surface area (Å²) >= 11 is 7.50. The first-order valence-electron chi connectivity index (χ1n) is 4.77. The Labute approximate surface area is 106 Å². The minimum Gasteiger partial charge on any atom is -0.480 e. The lowest BCUT2D eigenvalue weighted by Crippen LogP contribution is -2.17. The molecule has 0 aromatic carbocycles. The molecular weight excluding hydrogens is 264 g/mol. The van der Waals surface area contributed by atoms with Crippen LogP contribution < -0.4 is 0 Å². The van der Waals surface area contributed by atoms with Gasteiger partial charge in [0.15, 0.2) is 11.9 Å². The van der Waals surface area contributed by atoms with Crippen molar-refractivity contribution in [2.75, 3.05) is 0 Å². The van der Waals surface area contributed by atoms with Gasteiger partial charge in [0, 0.05) is 0 Å². The maximum Gasteiger partial charge on any atom is 0.328 e. The third-order valence-electron chi connectivity index (χ3n) is 2.32. The van der Waals surface area contributed by atoms with Gasteiger partial charge < -0.3 is 5.11 Å². The molecule has 2 aromatic rings. The largest absolute Gasteiger partial charge is 0.480 e. The fourth-order valence-electron chi connectivity index (χ4n) is 1.29. The second-order valence-electron chi connectivity index (χ2n) is 3.52. The highest BCUT2D eigenvalue weighted by atomic mass is 35.5. The van der Waals surface area contributed by atoms with Crippen LogP contribution in [-0.4, -0.2) is 31.3 Å². The molecule has 2 heterocycles. The number of carbonyl (C=O) groups is 1. The molecule has 0 radical (unpaired) electrons. The Morgan fingerprint density at radius 2 is 2.35 bits per heavy atom. The first-order chi connectivity index (χ1) is 8.02. The minimum atomic E-state index is -0.997. The summed E-state index contributed by atoms with van der Waals surface area (Å²) in [5, 5.41) is 22.4. The number of aromatic nitrogens is 4. The van der Waals surface area contributed by atoms with E-state index in [0.29, 0.717) is 15.7 Å². The van der Waals surface area contributed by atoms with Crippen molar-refractivity contribution in [3.63, 3.8) is 0 Å². The number of thiophene rings is 1. The topological polar surface area (TPSA) is 80.9 Å². The summed E-state index contributed by atoms with van der Waals surface area (Å²) in [5.41, 5.74) is 0.921. The Balaban J connectivity index is 2.51. The molecule has 0 amide bonds. The maximum atomic E-state index is 10.9. The van der Waals surface area contributed by atoms with E-state index in [4.69, 9.17) is 16.7 Å². The van der Waals surface area contributed by atoms with Crippen molar-refractivity contribution in [3.05, 3.63) is 16.0 Å². The molecule has 17 heavy (non-hydrogen) atoms. The molecule has 0 aliphatic carbocycles. The number of hydrogen-bond acceptors (Lipinski definition) is 5. The van der Waals surface area contributed by atoms with Gasteiger partial charge >= 0.3 is 5.97 Å². The number of hydrogen-bond donors (Lipinski definition) is 1. The number of aryl methyl sites for hydroxylation is 1. The number of halogens is 1. The van der Waals surface area contributed by atoms with Crippen LogP contribution in [0, 0.1) is 6.92 Å². The molecule has 8 heteroatoms. The van der Waals surface area contributed by atoms with Crippen molar-refractivity contribution in [1.82, 2.24) is 20.2 Å². The SMILES string of the molecule is Cc1csc(-c2nnnn2C(C)C(=O)O)c1Cl. The zero-order valence-electron chi connectivity index (χ0n) is 9.09. The Hall–Kier alpha value is -1.47. The predicted octanol–water partition coefficient (Wildman–Crippen LogP) is 2.01. The minimum absolute atomic E-state index is 0.378. The highest BCUT2D eigenvalue weighted by molar-refractivity contribution is 7.14. The molecule has 2 rings (SSSR count). The van der Waals surface area contributed by atoms with Crippen LogP contribution in [0.2, 0.25) is 5.02 Å². The highest BCUT2D eigenvalue weighted by Gasteiger charge is 2.22. The van der Waals surface area contributed by atoms with Crippen LogP contribution in [0.4, 0.5) is 0 Å². The van der Waals surface area contributed by atoms with E-state index in [9.17, 15) is 4.79 Å². The van der Waals surface area contributed by atoms with E-state index in [1.165, 1.54) is 22.9 Å². The van der Waals surface area contributed by atoms with Gasteiger partial charge in [-0.05, 0) is 35.2 Å². The Bertz CT molecular complexity index is 565. The van der Waals surface area contributed by atoms with Crippen LogP contribution in [0.15, 0.2) is 5.38 Å². The number of nitrogens with zero attached hydrogens (tertiary/aromatic N) is 4. The number of carboxylic acids is 1. The number of carboxylic acid groups (broad SMARTS) is 1. The quantitative estimate of drug-likeness (QED) is 0.924. The van der Waals surface area contributed by atoms with Gasteiger partial charge in [0.2, 0.25) is 0 Å². The lowest BCUT2D eigenvalue weighted by atomic mass is 10.3. The van der Waals surface area contributed by atoms with Gasteiger partial charge in [0.05, 0.1) is 9.90 Å². The van der Waals surface area contributed by atoms with E-state index in [1.54, 1.807) is 0 Å². The highest BCUT2D eigenvalue weighted by Crippen LogP contribution is 2.35. The summed E-state index contributed by atoms with van der Waals surface area (Å²) in [4.78, 5) is 11.6. The third-order valence-corrected chi connectivity index (χ3v) is 4.01. The fraction of sp³-hybridized carbons (Fsp3) is 0.333. The molecule has 1 unspecified atom stereocenters. The maximum absolute atomic E-state index is 10.9. The molecule has 0 saturated heterocycles. The van der Waals surface area contributed by atoms with Gasteiger partial charge in [0.1, 0.15) is 0 Å². The molecule has 2 aromatic heterocycles. The van der Waals surface area contributed by atoms with Crippen molar-refractivity contribution in [3.8, 4) is 10.7 Å². The zero-order chi connectivity index (χ0) is 12.6. The zero-order valence-corrected chi connectivity index (χ0v) is 10.7. The summed E-state index contributed by atoms with van der Waals surface area (Å²) < 4.78 is 1.25. The second kappa shape index (κ2) is 4.42. The standard InChI is InChI=1S/C9H9ClN4O2S/c1-4-3-17-7(6(4)10)8-11-12-13-14(8)5(2)9(15)16/h3,5H,1-2H3,(H,15,16). The molecule has 0 aliphatic rings. The smallest absolute Gasteiger partial charge is 0.328 e. The lowest BCUT2D eigenvalue weighted by Gasteiger charge is -2.07. The Kier molecular flexibility index (Phi) is 3.12. The molecule has 0 aliphatic heterocycles. The monoisotopic (exact) mass is 272 g/mol. The number of rotatable bonds is 3. The molecule has 0 saturated carbocycles. The van der Waals surface area contributed by atoms with Crippen LogP contribution in [0.1, 0.15) is 18.5 Å². The van der Waals surface area contributed by atoms with E-state index < -0.39 is 12.0 Å². The third kappa shape index (κ3) is 2.03. The van der Waals surface area contributed by atoms with E-state index in [1.807, 2.05) is 12.3 Å². The van der Waals surface area contributed by atoms with E-state index >= 15 is 0 Å². The van der Waals surface area contributed by atoms with Gasteiger partial charge in [-0.15, -0.1) is 16.4 Å². The first-order valence-corrected chi connectivity index (χ1v) is 6.02. The van der Waals surface area contributed by atoms with Crippen molar-refractivity contribution in [2.45, 2.75) is 19.9 Å². The Morgan fingerprint density at radius 1 is 1.65 bits per heavy atom. The Morgan fingerprint density at radius 3 is 2.88 bits per heavy atom. The molecule has 90 valence electrons. The molecule has 0 bridgehead atoms. The van der Waals surface area contributed by atoms with Crippen LogP contribution in [0.5, 0.6) is 0 Å². The number of aliphatic carboxylic acids is 1. The van der Waals surface area contributed by atoms with Crippen molar-refractivity contribution >= 4 is 28.9 Å². The van der Waals surface area contributed by atoms with Gasteiger partial charge in [-0.3, -0.25) is 0 Å². The lowest BCUT2D eigenvalue weighted by molar-refractivity contribution is -0.140. The second-order valence-corrected chi connectivity index (χ2v) is 4.78. The van der Waals surface area contributed by atoms with Gasteiger partial charge in [-0.25, -0.2) is 9.48 Å². The van der Waals surface area contributed by atoms with Gasteiger partial charge in [-0.2, -0.15) is 0 Å². The molecule has 1 atom stereocenters. The normalized spacial score (nSPS) is 12.6. The van der Waals surface area contributed by atoms with E-state index in [2.05, 4.69) is 15.5 Å². The van der Waals surface area contributed by atoms with Crippen LogP contribution in [-0.2, 0) is 4.79 Å². The molecule has 0 fully saturated rings. The molecule has 6 nitrogen and oxygen atoms in total. The fourth-order valence-corrected chi connectivity index (χ4v) is 2.54. The van der Waals surface area contributed by atoms with Crippen molar-refractivity contribution in [2.24, 2.45) is 0 Å². The van der Waals surface area contributed by atoms with Crippen LogP contribution in [0.3, 0.4) is 0 Å². The van der Waals surface area contributed by atoms with E-state index in [0.717, 1.165) is 5.56 Å². The first kappa shape index (κ1) is 12.0. The van der Waals surface area contributed by atoms with Gasteiger partial charge in [0.25, 0.3) is 0 Å². The average Bonchev–Trinajstić information content (AvgIpc) is 2.86. The summed E-state index contributed by atoms with van der Waals surface area (Å²) in [6.07, 6.45) is 0. The number of tetrazole rings is 1.